The minimum absolute atomic E-state index is 0.206. The molecule has 0 fully saturated rings. The molecule has 0 nitrogen and oxygen atoms in total. The summed E-state index contributed by atoms with van der Waals surface area (Å²) in [6, 6.07) is 0. The van der Waals surface area contributed by atoms with Gasteiger partial charge in [-0.3, -0.25) is 0 Å². The first kappa shape index (κ1) is 10.6. The van der Waals surface area contributed by atoms with E-state index in [1.807, 2.05) is 0 Å². The second-order valence-corrected chi connectivity index (χ2v) is 16.4. The first-order chi connectivity index (χ1) is 4.41. The molecule has 0 atom stereocenters. The van der Waals surface area contributed by atoms with Gasteiger partial charge in [0.25, 0.3) is 0 Å². The molecule has 0 aromatic heterocycles. The Morgan fingerprint density at radius 2 is 1.44 bits per heavy atom. The first-order valence-corrected chi connectivity index (χ1v) is 14.9. The average Bonchev–Trinajstić information content (AvgIpc) is 1.89. The maximum atomic E-state index is 2.26. The summed E-state index contributed by atoms with van der Waals surface area (Å²) in [6.07, 6.45) is 2.73. The van der Waals surface area contributed by atoms with Crippen LogP contribution < -0.4 is 0 Å². The Balaban J connectivity index is 2.60. The normalized spacial score (nSPS) is 10.0. The third-order valence-corrected chi connectivity index (χ3v) is 15.9. The zero-order valence-electron chi connectivity index (χ0n) is 6.14. The fourth-order valence-electron chi connectivity index (χ4n) is 0.329. The fraction of sp³-hybridized carbons (Fsp3) is 1.00. The van der Waals surface area contributed by atoms with Gasteiger partial charge in [0.2, 0.25) is 0 Å². The molecule has 0 rings (SSSR count). The van der Waals surface area contributed by atoms with E-state index < -0.39 is 0 Å². The van der Waals surface area contributed by atoms with Gasteiger partial charge in [0, 0.05) is 0 Å². The van der Waals surface area contributed by atoms with Gasteiger partial charge >= 0.3 is 76.1 Å². The van der Waals surface area contributed by atoms with Crippen LogP contribution in [0.15, 0.2) is 0 Å². The molecule has 0 aromatic carbocycles. The summed E-state index contributed by atoms with van der Waals surface area (Å²) in [5, 5.41) is 0. The molecule has 3 heteroatoms. The van der Waals surface area contributed by atoms with Crippen molar-refractivity contribution < 1.29 is 0 Å². The Morgan fingerprint density at radius 3 is 1.78 bits per heavy atom. The van der Waals surface area contributed by atoms with Gasteiger partial charge in [-0.1, -0.05) is 0 Å². The van der Waals surface area contributed by atoms with E-state index in [1.54, 1.807) is 0 Å². The van der Waals surface area contributed by atoms with E-state index in [4.69, 9.17) is 0 Å². The number of hydrogen-bond acceptors (Lipinski definition) is 2. The van der Waals surface area contributed by atoms with Gasteiger partial charge in [-0.25, -0.2) is 0 Å². The maximum absolute atomic E-state index is 2.26. The topological polar surface area (TPSA) is 0 Å². The van der Waals surface area contributed by atoms with Gasteiger partial charge in [-0.05, 0) is 0 Å². The predicted octanol–water partition coefficient (Wildman–Crippen LogP) is 2.81. The van der Waals surface area contributed by atoms with Crippen molar-refractivity contribution in [1.29, 1.82) is 0 Å². The molecule has 0 N–H and O–H groups in total. The van der Waals surface area contributed by atoms with Crippen LogP contribution in [0.4, 0.5) is 0 Å². The van der Waals surface area contributed by atoms with Crippen molar-refractivity contribution in [1.82, 2.24) is 0 Å². The molecule has 0 aromatic rings. The van der Waals surface area contributed by atoms with Gasteiger partial charge in [-0.2, -0.15) is 0 Å². The van der Waals surface area contributed by atoms with Crippen LogP contribution in [0.25, 0.3) is 0 Å². The Morgan fingerprint density at radius 1 is 1.00 bits per heavy atom. The molecule has 0 aliphatic heterocycles. The second-order valence-electron chi connectivity index (χ2n) is 1.78. The van der Waals surface area contributed by atoms with Crippen LogP contribution in [-0.2, 0) is 0 Å². The van der Waals surface area contributed by atoms with Crippen molar-refractivity contribution >= 4 is 37.9 Å². The van der Waals surface area contributed by atoms with Gasteiger partial charge in [0.05, 0.1) is 0 Å². The van der Waals surface area contributed by atoms with Gasteiger partial charge in [-0.15, -0.1) is 0 Å². The molecular formula is C6H14PbS2. The van der Waals surface area contributed by atoms with Crippen LogP contribution >= 0.6 is 16.6 Å². The molecule has 0 saturated carbocycles. The van der Waals surface area contributed by atoms with Crippen molar-refractivity contribution in [3.8, 4) is 0 Å². The molecule has 9 heavy (non-hydrogen) atoms. The SMILES string of the molecule is CCC[S][Pb][S]CCC. The van der Waals surface area contributed by atoms with Crippen LogP contribution in [0.3, 0.4) is 0 Å². The molecule has 0 spiro atoms. The molecule has 0 saturated heterocycles. The average molecular weight is 358 g/mol. The summed E-state index contributed by atoms with van der Waals surface area (Å²) in [7, 11) is 4.50. The van der Waals surface area contributed by atoms with Crippen molar-refractivity contribution in [2.75, 3.05) is 11.5 Å². The minimum atomic E-state index is -0.206. The Labute approximate surface area is 75.5 Å². The van der Waals surface area contributed by atoms with Gasteiger partial charge in [0.15, 0.2) is 0 Å². The summed E-state index contributed by atoms with van der Waals surface area (Å²) in [6.45, 7) is 4.53. The third-order valence-electron chi connectivity index (χ3n) is 0.730. The molecule has 0 aliphatic carbocycles. The van der Waals surface area contributed by atoms with E-state index in [-0.39, 0.29) is 21.2 Å². The molecule has 0 heterocycles. The first-order valence-electron chi connectivity index (χ1n) is 3.40. The molecule has 54 valence electrons. The van der Waals surface area contributed by atoms with Crippen LogP contribution in [0.1, 0.15) is 26.7 Å². The molecular weight excluding hydrogens is 343 g/mol. The summed E-state index contributed by atoms with van der Waals surface area (Å²) in [5.41, 5.74) is 0. The molecule has 0 bridgehead atoms. The van der Waals surface area contributed by atoms with Crippen LogP contribution in [-0.4, -0.2) is 32.7 Å². The van der Waals surface area contributed by atoms with Crippen molar-refractivity contribution in [2.24, 2.45) is 0 Å². The predicted molar refractivity (Wildman–Crippen MR) is 51.3 cm³/mol. The Hall–Kier alpha value is 1.62. The standard InChI is InChI=1S/2C3H8S.Pb/c2*1-2-3-4;/h2*4H,2-3H2,1H3;/q;;+2/p-2. The number of hydrogen-bond donors (Lipinski definition) is 0. The number of rotatable bonds is 6. The quantitative estimate of drug-likeness (QED) is 0.530. The van der Waals surface area contributed by atoms with E-state index >= 15 is 0 Å². The van der Waals surface area contributed by atoms with Crippen LogP contribution in [0, 0.1) is 0 Å². The summed E-state index contributed by atoms with van der Waals surface area (Å²) >= 11 is -0.206. The Bertz CT molecular complexity index is 44.3. The van der Waals surface area contributed by atoms with Gasteiger partial charge in [0.1, 0.15) is 0 Å². The third kappa shape index (κ3) is 9.62. The summed E-state index contributed by atoms with van der Waals surface area (Å²) < 4.78 is 0. The Kier molecular flexibility index (Phi) is 11.4. The van der Waals surface area contributed by atoms with Crippen molar-refractivity contribution in [2.45, 2.75) is 26.7 Å². The van der Waals surface area contributed by atoms with Gasteiger partial charge < -0.3 is 0 Å². The fourth-order valence-corrected chi connectivity index (χ4v) is 15.2. The zero-order valence-corrected chi connectivity index (χ0v) is 11.7. The van der Waals surface area contributed by atoms with E-state index in [0.717, 1.165) is 0 Å². The summed E-state index contributed by atoms with van der Waals surface area (Å²) in [5.74, 6) is 2.83. The van der Waals surface area contributed by atoms with E-state index in [9.17, 15) is 0 Å². The summed E-state index contributed by atoms with van der Waals surface area (Å²) in [4.78, 5) is 0. The van der Waals surface area contributed by atoms with E-state index in [1.165, 1.54) is 24.3 Å². The van der Waals surface area contributed by atoms with Crippen LogP contribution in [0.5, 0.6) is 0 Å². The van der Waals surface area contributed by atoms with E-state index in [0.29, 0.717) is 0 Å². The molecule has 0 amide bonds. The van der Waals surface area contributed by atoms with Crippen molar-refractivity contribution in [3.63, 3.8) is 0 Å². The molecule has 2 radical (unpaired) electrons. The monoisotopic (exact) mass is 358 g/mol. The molecule has 0 aliphatic rings. The second kappa shape index (κ2) is 9.62. The van der Waals surface area contributed by atoms with Crippen LogP contribution in [0.2, 0.25) is 0 Å². The zero-order chi connectivity index (χ0) is 6.95. The van der Waals surface area contributed by atoms with Crippen molar-refractivity contribution in [3.05, 3.63) is 0 Å². The van der Waals surface area contributed by atoms with E-state index in [2.05, 4.69) is 30.5 Å². The molecule has 0 unspecified atom stereocenters.